The minimum Gasteiger partial charge on any atom is -0.496 e. The van der Waals surface area contributed by atoms with Crippen LogP contribution in [0.2, 0.25) is 0 Å². The number of aromatic nitrogens is 1. The third kappa shape index (κ3) is 4.81. The van der Waals surface area contributed by atoms with Crippen LogP contribution >= 0.6 is 15.9 Å². The van der Waals surface area contributed by atoms with E-state index < -0.39 is 0 Å². The molecule has 0 radical (unpaired) electrons. The highest BCUT2D eigenvalue weighted by molar-refractivity contribution is 9.10. The Hall–Kier alpha value is -1.43. The third-order valence-electron chi connectivity index (χ3n) is 3.45. The normalized spacial score (nSPS) is 12.1. The summed E-state index contributed by atoms with van der Waals surface area (Å²) in [6.45, 7) is 0. The van der Waals surface area contributed by atoms with E-state index in [9.17, 15) is 0 Å². The van der Waals surface area contributed by atoms with Crippen molar-refractivity contribution < 1.29 is 4.74 Å². The molecule has 0 fully saturated rings. The topological polar surface area (TPSA) is 60.2 Å². The Balaban J connectivity index is 2.00. The zero-order valence-electron chi connectivity index (χ0n) is 12.1. The fraction of sp³-hybridized carbons (Fsp3) is 0.312. The van der Waals surface area contributed by atoms with Gasteiger partial charge in [-0.05, 0) is 54.7 Å². The number of ether oxygens (including phenoxy) is 1. The Morgan fingerprint density at radius 3 is 2.90 bits per heavy atom. The molecule has 0 aliphatic heterocycles. The fourth-order valence-corrected chi connectivity index (χ4v) is 2.71. The van der Waals surface area contributed by atoms with Gasteiger partial charge in [0.05, 0.1) is 7.11 Å². The molecule has 112 valence electrons. The Bertz CT molecular complexity index is 563. The second-order valence-electron chi connectivity index (χ2n) is 4.92. The molecule has 3 N–H and O–H groups in total. The number of nitrogens with one attached hydrogen (secondary N) is 1. The van der Waals surface area contributed by atoms with Gasteiger partial charge < -0.3 is 4.74 Å². The molecular weight excluding hydrogens is 330 g/mol. The van der Waals surface area contributed by atoms with Crippen LogP contribution in [0.15, 0.2) is 47.2 Å². The number of rotatable bonds is 7. The minimum absolute atomic E-state index is 0.188. The van der Waals surface area contributed by atoms with Crippen LogP contribution in [-0.4, -0.2) is 18.1 Å². The van der Waals surface area contributed by atoms with Gasteiger partial charge >= 0.3 is 0 Å². The van der Waals surface area contributed by atoms with Crippen LogP contribution in [0, 0.1) is 0 Å². The second-order valence-corrected chi connectivity index (χ2v) is 5.84. The third-order valence-corrected chi connectivity index (χ3v) is 3.94. The molecule has 1 heterocycles. The highest BCUT2D eigenvalue weighted by Crippen LogP contribution is 2.24. The SMILES string of the molecule is COc1ccc(Br)cc1CC(CCc1cccnc1)NN. The number of hydrogen-bond acceptors (Lipinski definition) is 4. The lowest BCUT2D eigenvalue weighted by Gasteiger charge is -2.18. The smallest absolute Gasteiger partial charge is 0.122 e. The van der Waals surface area contributed by atoms with Gasteiger partial charge in [-0.1, -0.05) is 22.0 Å². The van der Waals surface area contributed by atoms with Gasteiger partial charge in [-0.2, -0.15) is 0 Å². The Morgan fingerprint density at radius 1 is 1.38 bits per heavy atom. The predicted octanol–water partition coefficient (Wildman–Crippen LogP) is 2.86. The monoisotopic (exact) mass is 349 g/mol. The molecule has 2 aromatic rings. The van der Waals surface area contributed by atoms with Gasteiger partial charge in [0, 0.05) is 22.9 Å². The van der Waals surface area contributed by atoms with Crippen LogP contribution in [0.5, 0.6) is 5.75 Å². The van der Waals surface area contributed by atoms with E-state index in [0.29, 0.717) is 0 Å². The van der Waals surface area contributed by atoms with Crippen molar-refractivity contribution in [2.45, 2.75) is 25.3 Å². The summed E-state index contributed by atoms with van der Waals surface area (Å²) >= 11 is 3.50. The summed E-state index contributed by atoms with van der Waals surface area (Å²) in [6, 6.07) is 10.2. The van der Waals surface area contributed by atoms with Crippen molar-refractivity contribution in [2.75, 3.05) is 7.11 Å². The van der Waals surface area contributed by atoms with E-state index in [1.807, 2.05) is 24.4 Å². The number of pyridine rings is 1. The van der Waals surface area contributed by atoms with Crippen molar-refractivity contribution in [3.63, 3.8) is 0 Å². The first kappa shape index (κ1) is 15.9. The summed E-state index contributed by atoms with van der Waals surface area (Å²) in [7, 11) is 1.69. The van der Waals surface area contributed by atoms with Gasteiger partial charge in [0.2, 0.25) is 0 Å². The molecule has 0 bridgehead atoms. The summed E-state index contributed by atoms with van der Waals surface area (Å²) in [5.41, 5.74) is 5.26. The van der Waals surface area contributed by atoms with Crippen molar-refractivity contribution >= 4 is 15.9 Å². The number of halogens is 1. The van der Waals surface area contributed by atoms with E-state index in [0.717, 1.165) is 35.0 Å². The maximum atomic E-state index is 5.70. The van der Waals surface area contributed by atoms with Gasteiger partial charge in [0.1, 0.15) is 5.75 Å². The molecule has 0 saturated heterocycles. The summed E-state index contributed by atoms with van der Waals surface area (Å²) in [4.78, 5) is 4.13. The molecule has 0 aliphatic carbocycles. The zero-order valence-corrected chi connectivity index (χ0v) is 13.6. The molecule has 4 nitrogen and oxygen atoms in total. The number of hydrazine groups is 1. The molecule has 1 unspecified atom stereocenters. The van der Waals surface area contributed by atoms with E-state index in [-0.39, 0.29) is 6.04 Å². The summed E-state index contributed by atoms with van der Waals surface area (Å²) in [5, 5.41) is 0. The lowest BCUT2D eigenvalue weighted by molar-refractivity contribution is 0.403. The Morgan fingerprint density at radius 2 is 2.24 bits per heavy atom. The van der Waals surface area contributed by atoms with E-state index in [1.54, 1.807) is 13.3 Å². The van der Waals surface area contributed by atoms with Gasteiger partial charge in [0.25, 0.3) is 0 Å². The molecule has 1 aromatic carbocycles. The molecule has 21 heavy (non-hydrogen) atoms. The van der Waals surface area contributed by atoms with Crippen molar-refractivity contribution in [1.82, 2.24) is 10.4 Å². The molecular formula is C16H20BrN3O. The highest BCUT2D eigenvalue weighted by Gasteiger charge is 2.12. The maximum Gasteiger partial charge on any atom is 0.122 e. The first-order valence-electron chi connectivity index (χ1n) is 6.90. The number of nitrogens with zero attached hydrogens (tertiary/aromatic N) is 1. The Kier molecular flexibility index (Phi) is 6.17. The Labute approximate surface area is 133 Å². The van der Waals surface area contributed by atoms with E-state index in [1.165, 1.54) is 5.56 Å². The maximum absolute atomic E-state index is 5.70. The van der Waals surface area contributed by atoms with Gasteiger partial charge in [0.15, 0.2) is 0 Å². The van der Waals surface area contributed by atoms with Crippen molar-refractivity contribution in [1.29, 1.82) is 0 Å². The number of hydrogen-bond donors (Lipinski definition) is 2. The molecule has 2 rings (SSSR count). The zero-order chi connectivity index (χ0) is 15.1. The first-order chi connectivity index (χ1) is 10.2. The van der Waals surface area contributed by atoms with Crippen LogP contribution in [0.3, 0.4) is 0 Å². The fourth-order valence-electron chi connectivity index (χ4n) is 2.30. The van der Waals surface area contributed by atoms with Crippen LogP contribution in [0.1, 0.15) is 17.5 Å². The standard InChI is InChI=1S/C16H20BrN3O/c1-21-16-7-5-14(17)9-13(16)10-15(20-18)6-4-12-3-2-8-19-11-12/h2-3,5,7-9,11,15,20H,4,6,10,18H2,1H3. The predicted molar refractivity (Wildman–Crippen MR) is 88.1 cm³/mol. The number of aryl methyl sites for hydroxylation is 1. The molecule has 0 spiro atoms. The van der Waals surface area contributed by atoms with Crippen LogP contribution < -0.4 is 16.0 Å². The van der Waals surface area contributed by atoms with E-state index in [4.69, 9.17) is 10.6 Å². The second kappa shape index (κ2) is 8.12. The van der Waals surface area contributed by atoms with Crippen molar-refractivity contribution in [2.24, 2.45) is 5.84 Å². The van der Waals surface area contributed by atoms with Crippen molar-refractivity contribution in [3.8, 4) is 5.75 Å². The van der Waals surface area contributed by atoms with Gasteiger partial charge in [-0.15, -0.1) is 0 Å². The van der Waals surface area contributed by atoms with Gasteiger partial charge in [-0.25, -0.2) is 0 Å². The summed E-state index contributed by atoms with van der Waals surface area (Å²) in [6.07, 6.45) is 6.39. The van der Waals surface area contributed by atoms with Crippen LogP contribution in [0.25, 0.3) is 0 Å². The van der Waals surface area contributed by atoms with Crippen molar-refractivity contribution in [3.05, 3.63) is 58.3 Å². The first-order valence-corrected chi connectivity index (χ1v) is 7.69. The minimum atomic E-state index is 0.188. The average molecular weight is 350 g/mol. The summed E-state index contributed by atoms with van der Waals surface area (Å²) in [5.74, 6) is 6.58. The molecule has 0 saturated carbocycles. The number of benzene rings is 1. The molecule has 5 heteroatoms. The summed E-state index contributed by atoms with van der Waals surface area (Å²) < 4.78 is 6.45. The number of nitrogens with two attached hydrogens (primary N) is 1. The lowest BCUT2D eigenvalue weighted by Crippen LogP contribution is -2.37. The van der Waals surface area contributed by atoms with E-state index >= 15 is 0 Å². The highest BCUT2D eigenvalue weighted by atomic mass is 79.9. The molecule has 1 atom stereocenters. The van der Waals surface area contributed by atoms with Gasteiger partial charge in [-0.3, -0.25) is 16.3 Å². The largest absolute Gasteiger partial charge is 0.496 e. The lowest BCUT2D eigenvalue weighted by atomic mass is 9.99. The van der Waals surface area contributed by atoms with Crippen LogP contribution in [0.4, 0.5) is 0 Å². The average Bonchev–Trinajstić information content (AvgIpc) is 2.52. The quantitative estimate of drug-likeness (QED) is 0.596. The molecule has 1 aromatic heterocycles. The molecule has 0 amide bonds. The van der Waals surface area contributed by atoms with E-state index in [2.05, 4.69) is 38.5 Å². The number of methoxy groups -OCH3 is 1. The molecule has 0 aliphatic rings. The van der Waals surface area contributed by atoms with Crippen LogP contribution in [-0.2, 0) is 12.8 Å².